The quantitative estimate of drug-likeness (QED) is 0.124. The lowest BCUT2D eigenvalue weighted by Crippen LogP contribution is -2.30. The van der Waals surface area contributed by atoms with Gasteiger partial charge in [0.2, 0.25) is 0 Å². The summed E-state index contributed by atoms with van der Waals surface area (Å²) in [7, 11) is 1.61. The maximum atomic E-state index is 11.2. The van der Waals surface area contributed by atoms with Crippen molar-refractivity contribution in [3.05, 3.63) is 112 Å². The van der Waals surface area contributed by atoms with Crippen LogP contribution in [0, 0.1) is 10.1 Å². The van der Waals surface area contributed by atoms with Crippen LogP contribution in [0.25, 0.3) is 5.69 Å². The molecule has 5 rings (SSSR count). The summed E-state index contributed by atoms with van der Waals surface area (Å²) in [6.45, 7) is 0.831. The van der Waals surface area contributed by atoms with E-state index in [4.69, 9.17) is 33.3 Å². The number of hydrogen-bond acceptors (Lipinski definition) is 6. The fourth-order valence-electron chi connectivity index (χ4n) is 4.53. The number of nitro groups is 1. The molecule has 0 bridgehead atoms. The van der Waals surface area contributed by atoms with E-state index in [2.05, 4.69) is 10.3 Å². The Morgan fingerprint density at radius 1 is 1.08 bits per heavy atom. The third-order valence-corrected chi connectivity index (χ3v) is 6.87. The highest BCUT2D eigenvalue weighted by atomic mass is 35.5. The number of thiocarbonyl (C=S) groups is 1. The van der Waals surface area contributed by atoms with E-state index in [0.29, 0.717) is 29.1 Å². The van der Waals surface area contributed by atoms with Gasteiger partial charge in [0.15, 0.2) is 5.11 Å². The average molecular weight is 550 g/mol. The van der Waals surface area contributed by atoms with Crippen molar-refractivity contribution < 1.29 is 14.4 Å². The molecule has 3 heterocycles. The Hall–Kier alpha value is -3.99. The number of pyridine rings is 1. The monoisotopic (exact) mass is 549 g/mol. The number of non-ortho nitro benzene ring substituents is 1. The molecular formula is C27H24ClN5O4S. The van der Waals surface area contributed by atoms with Crippen LogP contribution < -0.4 is 15.0 Å². The normalized spacial score (nSPS) is 16.9. The third kappa shape index (κ3) is 5.06. The van der Waals surface area contributed by atoms with Crippen LogP contribution in [-0.4, -0.2) is 39.9 Å². The molecular weight excluding hydrogens is 526 g/mol. The van der Waals surface area contributed by atoms with Crippen molar-refractivity contribution >= 4 is 40.3 Å². The number of aromatic nitrogens is 2. The van der Waals surface area contributed by atoms with Crippen molar-refractivity contribution in [1.82, 2.24) is 14.9 Å². The molecule has 1 saturated heterocycles. The fraction of sp³-hybridized carbons (Fsp3) is 0.185. The Morgan fingerprint density at radius 2 is 1.87 bits per heavy atom. The van der Waals surface area contributed by atoms with Gasteiger partial charge in [0.25, 0.3) is 5.69 Å². The average Bonchev–Trinajstić information content (AvgIpc) is 3.54. The topological polar surface area (TPSA) is 94.7 Å². The molecule has 194 valence electrons. The van der Waals surface area contributed by atoms with Crippen molar-refractivity contribution in [2.75, 3.05) is 25.2 Å². The molecule has 0 aliphatic carbocycles. The summed E-state index contributed by atoms with van der Waals surface area (Å²) in [5, 5.41) is 15.6. The van der Waals surface area contributed by atoms with Crippen molar-refractivity contribution in [1.29, 1.82) is 0 Å². The molecule has 1 fully saturated rings. The van der Waals surface area contributed by atoms with Crippen LogP contribution in [0.5, 0.6) is 5.75 Å². The van der Waals surface area contributed by atoms with E-state index in [-0.39, 0.29) is 17.8 Å². The number of benzene rings is 2. The lowest BCUT2D eigenvalue weighted by molar-refractivity contribution is -0.384. The smallest absolute Gasteiger partial charge is 0.269 e. The molecule has 2 atom stereocenters. The standard InChI is InChI=1S/C27H24ClN5O4S/c1-36-15-16-37-24-12-11-20(17-21(24)28)32-26(25(30-27(32)38)22-5-2-3-13-29-22)23-6-4-14-31(23)18-7-9-19(10-8-18)33(34)35/h2-14,17,25-26H,15-16H2,1H3,(H,30,38). The van der Waals surface area contributed by atoms with Crippen molar-refractivity contribution in [3.63, 3.8) is 0 Å². The van der Waals surface area contributed by atoms with E-state index in [1.807, 2.05) is 64.2 Å². The predicted molar refractivity (Wildman–Crippen MR) is 149 cm³/mol. The molecule has 1 N–H and O–H groups in total. The maximum Gasteiger partial charge on any atom is 0.269 e. The molecule has 9 nitrogen and oxygen atoms in total. The number of halogens is 1. The Bertz CT molecular complexity index is 1450. The number of nitrogens with zero attached hydrogens (tertiary/aromatic N) is 4. The second-order valence-corrected chi connectivity index (χ2v) is 9.32. The van der Waals surface area contributed by atoms with E-state index < -0.39 is 4.92 Å². The Balaban J connectivity index is 1.57. The van der Waals surface area contributed by atoms with Crippen LogP contribution in [0.3, 0.4) is 0 Å². The number of hydrogen-bond donors (Lipinski definition) is 1. The molecule has 38 heavy (non-hydrogen) atoms. The van der Waals surface area contributed by atoms with Crippen LogP contribution in [-0.2, 0) is 4.74 Å². The van der Waals surface area contributed by atoms with Crippen molar-refractivity contribution in [2.45, 2.75) is 12.1 Å². The Morgan fingerprint density at radius 3 is 2.55 bits per heavy atom. The number of nitrogens with one attached hydrogen (secondary N) is 1. The number of nitro benzene ring substituents is 1. The van der Waals surface area contributed by atoms with Gasteiger partial charge in [-0.05, 0) is 66.8 Å². The first kappa shape index (κ1) is 25.7. The highest BCUT2D eigenvalue weighted by molar-refractivity contribution is 7.80. The van der Waals surface area contributed by atoms with Crippen LogP contribution in [0.2, 0.25) is 5.02 Å². The van der Waals surface area contributed by atoms with E-state index in [1.54, 1.807) is 25.4 Å². The molecule has 2 aromatic carbocycles. The summed E-state index contributed by atoms with van der Waals surface area (Å²) in [6, 6.07) is 21.1. The van der Waals surface area contributed by atoms with Crippen LogP contribution in [0.1, 0.15) is 23.5 Å². The minimum absolute atomic E-state index is 0.0293. The summed E-state index contributed by atoms with van der Waals surface area (Å²) in [5.41, 5.74) is 3.34. The number of rotatable bonds is 9. The SMILES string of the molecule is COCCOc1ccc(N2C(=S)NC(c3ccccn3)C2c2cccn2-c2ccc([N+](=O)[O-])cc2)cc1Cl. The summed E-state index contributed by atoms with van der Waals surface area (Å²) in [6.07, 6.45) is 3.67. The fourth-order valence-corrected chi connectivity index (χ4v) is 5.11. The molecule has 1 aliphatic rings. The zero-order valence-corrected chi connectivity index (χ0v) is 21.9. The van der Waals surface area contributed by atoms with E-state index in [1.165, 1.54) is 12.1 Å². The minimum atomic E-state index is -0.412. The van der Waals surface area contributed by atoms with Gasteiger partial charge in [-0.2, -0.15) is 0 Å². The van der Waals surface area contributed by atoms with Crippen LogP contribution >= 0.6 is 23.8 Å². The summed E-state index contributed by atoms with van der Waals surface area (Å²) < 4.78 is 12.8. The lowest BCUT2D eigenvalue weighted by Gasteiger charge is -2.29. The molecule has 1 aliphatic heterocycles. The molecule has 2 unspecified atom stereocenters. The second kappa shape index (κ2) is 11.2. The minimum Gasteiger partial charge on any atom is -0.490 e. The van der Waals surface area contributed by atoms with Gasteiger partial charge in [-0.1, -0.05) is 17.7 Å². The maximum absolute atomic E-state index is 11.2. The summed E-state index contributed by atoms with van der Waals surface area (Å²) in [4.78, 5) is 17.4. The Labute approximate surface area is 229 Å². The zero-order valence-electron chi connectivity index (χ0n) is 20.4. The number of ether oxygens (including phenoxy) is 2. The molecule has 0 amide bonds. The van der Waals surface area contributed by atoms with Crippen molar-refractivity contribution in [3.8, 4) is 11.4 Å². The number of anilines is 1. The summed E-state index contributed by atoms with van der Waals surface area (Å²) in [5.74, 6) is 0.553. The highest BCUT2D eigenvalue weighted by Gasteiger charge is 2.42. The molecule has 0 spiro atoms. The number of methoxy groups -OCH3 is 1. The zero-order chi connectivity index (χ0) is 26.6. The van der Waals surface area contributed by atoms with Gasteiger partial charge in [0.05, 0.1) is 28.3 Å². The van der Waals surface area contributed by atoms with E-state index >= 15 is 0 Å². The summed E-state index contributed by atoms with van der Waals surface area (Å²) >= 11 is 12.4. The first-order chi connectivity index (χ1) is 18.5. The first-order valence-corrected chi connectivity index (χ1v) is 12.6. The van der Waals surface area contributed by atoms with Gasteiger partial charge >= 0.3 is 0 Å². The first-order valence-electron chi connectivity index (χ1n) is 11.8. The highest BCUT2D eigenvalue weighted by Crippen LogP contribution is 2.43. The lowest BCUT2D eigenvalue weighted by atomic mass is 10.0. The van der Waals surface area contributed by atoms with Crippen LogP contribution in [0.15, 0.2) is 85.2 Å². The molecule has 11 heteroatoms. The molecule has 0 saturated carbocycles. The van der Waals surface area contributed by atoms with E-state index in [9.17, 15) is 10.1 Å². The second-order valence-electron chi connectivity index (χ2n) is 8.53. The largest absolute Gasteiger partial charge is 0.490 e. The predicted octanol–water partition coefficient (Wildman–Crippen LogP) is 5.64. The van der Waals surface area contributed by atoms with Gasteiger partial charge in [0.1, 0.15) is 18.4 Å². The van der Waals surface area contributed by atoms with Gasteiger partial charge in [-0.15, -0.1) is 0 Å². The van der Waals surface area contributed by atoms with Crippen LogP contribution in [0.4, 0.5) is 11.4 Å². The molecule has 4 aromatic rings. The van der Waals surface area contributed by atoms with Crippen molar-refractivity contribution in [2.24, 2.45) is 0 Å². The van der Waals surface area contributed by atoms with E-state index in [0.717, 1.165) is 22.8 Å². The van der Waals surface area contributed by atoms with Gasteiger partial charge < -0.3 is 24.3 Å². The van der Waals surface area contributed by atoms with Gasteiger partial charge in [0, 0.05) is 48.7 Å². The third-order valence-electron chi connectivity index (χ3n) is 6.26. The Kier molecular flexibility index (Phi) is 7.54. The molecule has 2 aromatic heterocycles. The van der Waals surface area contributed by atoms with Gasteiger partial charge in [-0.3, -0.25) is 15.1 Å². The van der Waals surface area contributed by atoms with Gasteiger partial charge in [-0.25, -0.2) is 0 Å². The molecule has 0 radical (unpaired) electrons.